The maximum absolute atomic E-state index is 8.38. The van der Waals surface area contributed by atoms with E-state index >= 15 is 0 Å². The molecule has 0 aromatic carbocycles. The van der Waals surface area contributed by atoms with Gasteiger partial charge in [0, 0.05) is 19.6 Å². The van der Waals surface area contributed by atoms with E-state index in [2.05, 4.69) is 17.3 Å². The molecule has 0 aliphatic carbocycles. The standard InChI is InChI=1S/C6H14N2O/c1-8-3-6(4-8)2-7-5-9/h6-7,9H,2-5H2,1H3. The summed E-state index contributed by atoms with van der Waals surface area (Å²) in [7, 11) is 2.11. The number of hydrogen-bond donors (Lipinski definition) is 2. The first-order valence-electron chi connectivity index (χ1n) is 3.33. The Bertz CT molecular complexity index is 81.1. The third kappa shape index (κ3) is 1.93. The van der Waals surface area contributed by atoms with Gasteiger partial charge in [-0.25, -0.2) is 0 Å². The molecule has 2 N–H and O–H groups in total. The van der Waals surface area contributed by atoms with Crippen molar-refractivity contribution >= 4 is 0 Å². The molecule has 0 aromatic heterocycles. The maximum atomic E-state index is 8.38. The van der Waals surface area contributed by atoms with Crippen LogP contribution in [0.1, 0.15) is 0 Å². The summed E-state index contributed by atoms with van der Waals surface area (Å²) in [6.45, 7) is 3.42. The molecule has 0 bridgehead atoms. The van der Waals surface area contributed by atoms with Crippen molar-refractivity contribution in [3.63, 3.8) is 0 Å². The van der Waals surface area contributed by atoms with Crippen LogP contribution in [0.3, 0.4) is 0 Å². The highest BCUT2D eigenvalue weighted by molar-refractivity contribution is 4.77. The van der Waals surface area contributed by atoms with E-state index < -0.39 is 0 Å². The molecule has 1 rings (SSSR count). The topological polar surface area (TPSA) is 35.5 Å². The number of aliphatic hydroxyl groups is 1. The number of aliphatic hydroxyl groups excluding tert-OH is 1. The van der Waals surface area contributed by atoms with Gasteiger partial charge < -0.3 is 10.0 Å². The second-order valence-corrected chi connectivity index (χ2v) is 2.70. The van der Waals surface area contributed by atoms with Crippen molar-refractivity contribution in [3.05, 3.63) is 0 Å². The summed E-state index contributed by atoms with van der Waals surface area (Å²) >= 11 is 0. The molecule has 0 saturated carbocycles. The van der Waals surface area contributed by atoms with Gasteiger partial charge in [-0.1, -0.05) is 0 Å². The molecule has 54 valence electrons. The van der Waals surface area contributed by atoms with E-state index in [0.29, 0.717) is 0 Å². The average Bonchev–Trinajstić information content (AvgIpc) is 1.78. The highest BCUT2D eigenvalue weighted by atomic mass is 16.3. The van der Waals surface area contributed by atoms with Gasteiger partial charge >= 0.3 is 0 Å². The summed E-state index contributed by atoms with van der Waals surface area (Å²) in [6.07, 6.45) is 0. The molecule has 0 unspecified atom stereocenters. The lowest BCUT2D eigenvalue weighted by Gasteiger charge is -2.36. The number of nitrogens with zero attached hydrogens (tertiary/aromatic N) is 1. The fraction of sp³-hybridized carbons (Fsp3) is 1.00. The molecule has 0 aromatic rings. The molecule has 3 nitrogen and oxygen atoms in total. The SMILES string of the molecule is CN1CC(CNCO)C1. The lowest BCUT2D eigenvalue weighted by Crippen LogP contribution is -2.48. The zero-order valence-corrected chi connectivity index (χ0v) is 5.80. The van der Waals surface area contributed by atoms with Gasteiger partial charge in [0.25, 0.3) is 0 Å². The molecule has 1 aliphatic rings. The Kier molecular flexibility index (Phi) is 2.45. The number of likely N-dealkylation sites (tertiary alicyclic amines) is 1. The van der Waals surface area contributed by atoms with Gasteiger partial charge in [-0.05, 0) is 13.0 Å². The van der Waals surface area contributed by atoms with Crippen molar-refractivity contribution in [3.8, 4) is 0 Å². The van der Waals surface area contributed by atoms with Crippen LogP contribution in [0.4, 0.5) is 0 Å². The van der Waals surface area contributed by atoms with Crippen molar-refractivity contribution < 1.29 is 5.11 Å². The summed E-state index contributed by atoms with van der Waals surface area (Å²) in [5, 5.41) is 11.3. The van der Waals surface area contributed by atoms with Crippen molar-refractivity contribution in [2.45, 2.75) is 0 Å². The Balaban J connectivity index is 1.91. The van der Waals surface area contributed by atoms with Gasteiger partial charge in [-0.15, -0.1) is 0 Å². The molecular weight excluding hydrogens is 116 g/mol. The Labute approximate surface area is 55.7 Å². The normalized spacial score (nSPS) is 22.0. The van der Waals surface area contributed by atoms with Gasteiger partial charge in [-0.3, -0.25) is 5.32 Å². The van der Waals surface area contributed by atoms with Crippen LogP contribution in [0.2, 0.25) is 0 Å². The number of nitrogens with one attached hydrogen (secondary N) is 1. The molecule has 9 heavy (non-hydrogen) atoms. The molecule has 1 aliphatic heterocycles. The molecule has 0 amide bonds. The van der Waals surface area contributed by atoms with Crippen LogP contribution < -0.4 is 5.32 Å². The van der Waals surface area contributed by atoms with Gasteiger partial charge in [0.1, 0.15) is 0 Å². The predicted molar refractivity (Wildman–Crippen MR) is 36.1 cm³/mol. The summed E-state index contributed by atoms with van der Waals surface area (Å²) in [4.78, 5) is 2.27. The zero-order valence-electron chi connectivity index (χ0n) is 5.80. The Morgan fingerprint density at radius 2 is 2.33 bits per heavy atom. The minimum atomic E-state index is 0.111. The summed E-state index contributed by atoms with van der Waals surface area (Å²) in [5.41, 5.74) is 0. The van der Waals surface area contributed by atoms with Crippen molar-refractivity contribution in [1.82, 2.24) is 10.2 Å². The predicted octanol–water partition coefficient (Wildman–Crippen LogP) is -0.913. The lowest BCUT2D eigenvalue weighted by atomic mass is 10.0. The summed E-state index contributed by atoms with van der Waals surface area (Å²) in [6, 6.07) is 0. The van der Waals surface area contributed by atoms with Crippen molar-refractivity contribution in [2.24, 2.45) is 5.92 Å². The monoisotopic (exact) mass is 130 g/mol. The van der Waals surface area contributed by atoms with E-state index in [1.54, 1.807) is 0 Å². The van der Waals surface area contributed by atoms with Gasteiger partial charge in [0.05, 0.1) is 6.73 Å². The lowest BCUT2D eigenvalue weighted by molar-refractivity contribution is 0.123. The fourth-order valence-electron chi connectivity index (χ4n) is 1.23. The van der Waals surface area contributed by atoms with E-state index in [4.69, 9.17) is 5.11 Å². The largest absolute Gasteiger partial charge is 0.381 e. The highest BCUT2D eigenvalue weighted by Crippen LogP contribution is 2.10. The van der Waals surface area contributed by atoms with Crippen LogP contribution in [-0.2, 0) is 0 Å². The molecular formula is C6H14N2O. The smallest absolute Gasteiger partial charge is 0.0931 e. The molecule has 0 radical (unpaired) electrons. The van der Waals surface area contributed by atoms with Crippen molar-refractivity contribution in [1.29, 1.82) is 0 Å². The van der Waals surface area contributed by atoms with Gasteiger partial charge in [0.15, 0.2) is 0 Å². The van der Waals surface area contributed by atoms with Gasteiger partial charge in [0.2, 0.25) is 0 Å². The van der Waals surface area contributed by atoms with Crippen LogP contribution in [0.5, 0.6) is 0 Å². The van der Waals surface area contributed by atoms with E-state index in [1.807, 2.05) is 0 Å². The number of hydrogen-bond acceptors (Lipinski definition) is 3. The minimum Gasteiger partial charge on any atom is -0.381 e. The molecule has 1 saturated heterocycles. The Morgan fingerprint density at radius 1 is 1.67 bits per heavy atom. The third-order valence-electron chi connectivity index (χ3n) is 1.68. The van der Waals surface area contributed by atoms with Crippen LogP contribution in [0.25, 0.3) is 0 Å². The van der Waals surface area contributed by atoms with Crippen LogP contribution in [0.15, 0.2) is 0 Å². The maximum Gasteiger partial charge on any atom is 0.0931 e. The van der Waals surface area contributed by atoms with Gasteiger partial charge in [-0.2, -0.15) is 0 Å². The van der Waals surface area contributed by atoms with Crippen LogP contribution >= 0.6 is 0 Å². The molecule has 0 atom stereocenters. The summed E-state index contributed by atoms with van der Waals surface area (Å²) < 4.78 is 0. The first kappa shape index (κ1) is 6.99. The second-order valence-electron chi connectivity index (χ2n) is 2.70. The molecule has 1 fully saturated rings. The molecule has 1 heterocycles. The highest BCUT2D eigenvalue weighted by Gasteiger charge is 2.21. The van der Waals surface area contributed by atoms with E-state index in [1.165, 1.54) is 13.1 Å². The first-order valence-corrected chi connectivity index (χ1v) is 3.33. The average molecular weight is 130 g/mol. The Hall–Kier alpha value is -0.120. The first-order chi connectivity index (χ1) is 4.33. The molecule has 0 spiro atoms. The number of rotatable bonds is 3. The van der Waals surface area contributed by atoms with E-state index in [-0.39, 0.29) is 6.73 Å². The minimum absolute atomic E-state index is 0.111. The quantitative estimate of drug-likeness (QED) is 0.485. The Morgan fingerprint density at radius 3 is 2.78 bits per heavy atom. The van der Waals surface area contributed by atoms with E-state index in [9.17, 15) is 0 Å². The fourth-order valence-corrected chi connectivity index (χ4v) is 1.23. The zero-order chi connectivity index (χ0) is 6.69. The third-order valence-corrected chi connectivity index (χ3v) is 1.68. The van der Waals surface area contributed by atoms with Crippen LogP contribution in [-0.4, -0.2) is 43.4 Å². The van der Waals surface area contributed by atoms with Crippen molar-refractivity contribution in [2.75, 3.05) is 33.4 Å². The van der Waals surface area contributed by atoms with E-state index in [0.717, 1.165) is 12.5 Å². The second kappa shape index (κ2) is 3.15. The molecule has 3 heteroatoms. The summed E-state index contributed by atoms with van der Waals surface area (Å²) in [5.74, 6) is 0.766. The van der Waals surface area contributed by atoms with Crippen LogP contribution in [0, 0.1) is 5.92 Å².